The molecule has 0 bridgehead atoms. The molecule has 0 unspecified atom stereocenters. The lowest BCUT2D eigenvalue weighted by molar-refractivity contribution is 0.0500. The first kappa shape index (κ1) is 16.4. The SMILES string of the molecule is NCCOc1ccc2c(c1)[C@H](Cc1ccccc1)[C@H](N1CCC1)CO2. The number of ether oxygens (including phenoxy) is 2. The predicted octanol–water partition coefficient (Wildman–Crippen LogP) is 2.82. The summed E-state index contributed by atoms with van der Waals surface area (Å²) in [5.74, 6) is 2.31. The Bertz CT molecular complexity index is 700. The number of rotatable bonds is 6. The summed E-state index contributed by atoms with van der Waals surface area (Å²) in [5.41, 5.74) is 8.21. The van der Waals surface area contributed by atoms with Crippen molar-refractivity contribution >= 4 is 0 Å². The van der Waals surface area contributed by atoms with Crippen LogP contribution in [0.1, 0.15) is 23.5 Å². The molecule has 2 aliphatic heterocycles. The van der Waals surface area contributed by atoms with Crippen LogP contribution >= 0.6 is 0 Å². The van der Waals surface area contributed by atoms with Gasteiger partial charge in [0.15, 0.2) is 0 Å². The molecule has 0 aromatic heterocycles. The smallest absolute Gasteiger partial charge is 0.123 e. The Kier molecular flexibility index (Phi) is 4.90. The van der Waals surface area contributed by atoms with Crippen LogP contribution < -0.4 is 15.2 Å². The monoisotopic (exact) mass is 338 g/mol. The van der Waals surface area contributed by atoms with Gasteiger partial charge in [0.1, 0.15) is 24.7 Å². The van der Waals surface area contributed by atoms with E-state index in [0.717, 1.165) is 24.5 Å². The van der Waals surface area contributed by atoms with Crippen LogP contribution in [0.5, 0.6) is 11.5 Å². The average molecular weight is 338 g/mol. The van der Waals surface area contributed by atoms with Gasteiger partial charge in [-0.05, 0) is 49.7 Å². The Balaban J connectivity index is 1.65. The largest absolute Gasteiger partial charge is 0.492 e. The number of likely N-dealkylation sites (tertiary alicyclic amines) is 1. The average Bonchev–Trinajstić information content (AvgIpc) is 2.61. The molecule has 2 aromatic rings. The molecular weight excluding hydrogens is 312 g/mol. The Morgan fingerprint density at radius 3 is 2.68 bits per heavy atom. The van der Waals surface area contributed by atoms with Crippen LogP contribution in [0.4, 0.5) is 0 Å². The van der Waals surface area contributed by atoms with Crippen LogP contribution in [0.3, 0.4) is 0 Å². The van der Waals surface area contributed by atoms with E-state index in [1.54, 1.807) is 0 Å². The molecule has 0 spiro atoms. The van der Waals surface area contributed by atoms with Crippen LogP contribution in [0.15, 0.2) is 48.5 Å². The van der Waals surface area contributed by atoms with Crippen molar-refractivity contribution in [3.8, 4) is 11.5 Å². The highest BCUT2D eigenvalue weighted by atomic mass is 16.5. The van der Waals surface area contributed by atoms with Gasteiger partial charge in [0, 0.05) is 18.0 Å². The van der Waals surface area contributed by atoms with E-state index in [2.05, 4.69) is 41.3 Å². The van der Waals surface area contributed by atoms with Crippen molar-refractivity contribution in [2.75, 3.05) is 32.8 Å². The van der Waals surface area contributed by atoms with Gasteiger partial charge in [-0.3, -0.25) is 4.90 Å². The highest BCUT2D eigenvalue weighted by molar-refractivity contribution is 5.45. The number of benzene rings is 2. The molecule has 4 rings (SSSR count). The third kappa shape index (κ3) is 3.51. The highest BCUT2D eigenvalue weighted by Crippen LogP contribution is 2.41. The minimum absolute atomic E-state index is 0.424. The zero-order valence-corrected chi connectivity index (χ0v) is 14.6. The second-order valence-corrected chi connectivity index (χ2v) is 6.90. The molecule has 4 heteroatoms. The number of hydrogen-bond donors (Lipinski definition) is 1. The van der Waals surface area contributed by atoms with Crippen LogP contribution in [0.2, 0.25) is 0 Å². The third-order valence-corrected chi connectivity index (χ3v) is 5.30. The van der Waals surface area contributed by atoms with E-state index in [1.165, 1.54) is 30.6 Å². The number of fused-ring (bicyclic) bond motifs is 1. The first-order chi connectivity index (χ1) is 12.3. The van der Waals surface area contributed by atoms with Crippen LogP contribution in [0.25, 0.3) is 0 Å². The number of nitrogens with zero attached hydrogens (tertiary/aromatic N) is 1. The Morgan fingerprint density at radius 2 is 1.96 bits per heavy atom. The second kappa shape index (κ2) is 7.46. The van der Waals surface area contributed by atoms with E-state index >= 15 is 0 Å². The van der Waals surface area contributed by atoms with Gasteiger partial charge in [-0.15, -0.1) is 0 Å². The Labute approximate surface area is 149 Å². The fourth-order valence-electron chi connectivity index (χ4n) is 3.86. The number of hydrogen-bond acceptors (Lipinski definition) is 4. The third-order valence-electron chi connectivity index (χ3n) is 5.30. The van der Waals surface area contributed by atoms with Gasteiger partial charge in [-0.1, -0.05) is 30.3 Å². The molecule has 2 aromatic carbocycles. The van der Waals surface area contributed by atoms with Gasteiger partial charge >= 0.3 is 0 Å². The van der Waals surface area contributed by atoms with E-state index in [-0.39, 0.29) is 0 Å². The first-order valence-electron chi connectivity index (χ1n) is 9.23. The van der Waals surface area contributed by atoms with E-state index in [9.17, 15) is 0 Å². The lowest BCUT2D eigenvalue weighted by Gasteiger charge is -2.45. The summed E-state index contributed by atoms with van der Waals surface area (Å²) in [4.78, 5) is 2.56. The number of nitrogens with two attached hydrogens (primary N) is 1. The van der Waals surface area contributed by atoms with Gasteiger partial charge in [0.05, 0.1) is 6.04 Å². The molecule has 2 heterocycles. The zero-order chi connectivity index (χ0) is 17.1. The fourth-order valence-corrected chi connectivity index (χ4v) is 3.86. The molecule has 1 fully saturated rings. The van der Waals surface area contributed by atoms with E-state index in [4.69, 9.17) is 15.2 Å². The van der Waals surface area contributed by atoms with Crippen molar-refractivity contribution in [3.05, 3.63) is 59.7 Å². The van der Waals surface area contributed by atoms with Crippen LogP contribution in [-0.2, 0) is 6.42 Å². The quantitative estimate of drug-likeness (QED) is 0.880. The molecule has 0 amide bonds. The van der Waals surface area contributed by atoms with E-state index < -0.39 is 0 Å². The molecule has 2 atom stereocenters. The minimum atomic E-state index is 0.424. The molecule has 2 aliphatic rings. The molecule has 0 radical (unpaired) electrons. The summed E-state index contributed by atoms with van der Waals surface area (Å²) in [6.07, 6.45) is 2.32. The zero-order valence-electron chi connectivity index (χ0n) is 14.6. The lowest BCUT2D eigenvalue weighted by Crippen LogP contribution is -2.52. The van der Waals surface area contributed by atoms with Crippen molar-refractivity contribution in [2.45, 2.75) is 24.8 Å². The molecule has 2 N–H and O–H groups in total. The molecule has 1 saturated heterocycles. The maximum absolute atomic E-state index is 6.10. The second-order valence-electron chi connectivity index (χ2n) is 6.90. The van der Waals surface area contributed by atoms with E-state index in [0.29, 0.717) is 25.1 Å². The summed E-state index contributed by atoms with van der Waals surface area (Å²) in [5, 5.41) is 0. The van der Waals surface area contributed by atoms with Gasteiger partial charge in [-0.25, -0.2) is 0 Å². The maximum atomic E-state index is 6.10. The normalized spacial score (nSPS) is 22.6. The molecule has 4 nitrogen and oxygen atoms in total. The molecule has 25 heavy (non-hydrogen) atoms. The lowest BCUT2D eigenvalue weighted by atomic mass is 9.82. The summed E-state index contributed by atoms with van der Waals surface area (Å²) in [6, 6.07) is 17.4. The van der Waals surface area contributed by atoms with E-state index in [1.807, 2.05) is 12.1 Å². The van der Waals surface area contributed by atoms with Crippen molar-refractivity contribution in [1.29, 1.82) is 0 Å². The summed E-state index contributed by atoms with van der Waals surface area (Å²) in [6.45, 7) is 4.19. The first-order valence-corrected chi connectivity index (χ1v) is 9.23. The highest BCUT2D eigenvalue weighted by Gasteiger charge is 2.37. The Hall–Kier alpha value is -2.04. The standard InChI is InChI=1S/C21H26N2O2/c22-9-12-24-17-7-8-21-19(14-17)18(13-16-5-2-1-3-6-16)20(15-25-21)23-10-4-11-23/h1-3,5-8,14,18,20H,4,9-13,15,22H2/t18-,20+/m0/s1. The van der Waals surface area contributed by atoms with Crippen molar-refractivity contribution < 1.29 is 9.47 Å². The summed E-state index contributed by atoms with van der Waals surface area (Å²) in [7, 11) is 0. The minimum Gasteiger partial charge on any atom is -0.492 e. The van der Waals surface area contributed by atoms with Gasteiger partial charge in [0.25, 0.3) is 0 Å². The summed E-state index contributed by atoms with van der Waals surface area (Å²) < 4.78 is 11.9. The molecular formula is C21H26N2O2. The molecule has 0 aliphatic carbocycles. The topological polar surface area (TPSA) is 47.7 Å². The van der Waals surface area contributed by atoms with Gasteiger partial charge in [-0.2, -0.15) is 0 Å². The van der Waals surface area contributed by atoms with Crippen LogP contribution in [-0.4, -0.2) is 43.8 Å². The van der Waals surface area contributed by atoms with Crippen molar-refractivity contribution in [1.82, 2.24) is 4.90 Å². The predicted molar refractivity (Wildman–Crippen MR) is 99.4 cm³/mol. The van der Waals surface area contributed by atoms with Crippen molar-refractivity contribution in [2.24, 2.45) is 5.73 Å². The fraction of sp³-hybridized carbons (Fsp3) is 0.429. The molecule has 132 valence electrons. The van der Waals surface area contributed by atoms with Gasteiger partial charge < -0.3 is 15.2 Å². The molecule has 0 saturated carbocycles. The summed E-state index contributed by atoms with van der Waals surface area (Å²) >= 11 is 0. The Morgan fingerprint density at radius 1 is 1.12 bits per heavy atom. The van der Waals surface area contributed by atoms with Crippen LogP contribution in [0, 0.1) is 0 Å². The van der Waals surface area contributed by atoms with Crippen molar-refractivity contribution in [3.63, 3.8) is 0 Å². The maximum Gasteiger partial charge on any atom is 0.123 e. The van der Waals surface area contributed by atoms with Gasteiger partial charge in [0.2, 0.25) is 0 Å².